The third-order valence-electron chi connectivity index (χ3n) is 1.45. The molecule has 2 N–H and O–H groups in total. The minimum Gasteiger partial charge on any atom is -0.399 e. The van der Waals surface area contributed by atoms with Gasteiger partial charge in [0.15, 0.2) is 0 Å². The lowest BCUT2D eigenvalue weighted by molar-refractivity contribution is 1.00. The second-order valence-corrected chi connectivity index (χ2v) is 2.64. The Morgan fingerprint density at radius 2 is 2.09 bits per heavy atom. The van der Waals surface area contributed by atoms with Crippen LogP contribution in [0.2, 0.25) is 0 Å². The lowest BCUT2D eigenvalue weighted by Crippen LogP contribution is -1.95. The molecule has 1 aromatic rings. The van der Waals surface area contributed by atoms with Crippen molar-refractivity contribution in [2.45, 2.75) is 19.2 Å². The topological polar surface area (TPSA) is 38.9 Å². The highest BCUT2D eigenvalue weighted by molar-refractivity contribution is 6.16. The molecule has 0 aliphatic rings. The molecule has 0 spiro atoms. The van der Waals surface area contributed by atoms with E-state index in [-0.39, 0.29) is 0 Å². The van der Waals surface area contributed by atoms with Gasteiger partial charge in [0.25, 0.3) is 0 Å². The average molecular weight is 171 g/mol. The van der Waals surface area contributed by atoms with Gasteiger partial charge in [-0.1, -0.05) is 6.92 Å². The van der Waals surface area contributed by atoms with Crippen LogP contribution in [0, 0.1) is 0 Å². The molecule has 0 aliphatic carbocycles. The SMILES string of the molecule is CCc1cc(N)cc(CCl)n1. The number of rotatable bonds is 2. The van der Waals surface area contributed by atoms with Gasteiger partial charge in [-0.3, -0.25) is 4.98 Å². The minimum absolute atomic E-state index is 0.429. The summed E-state index contributed by atoms with van der Waals surface area (Å²) in [6.07, 6.45) is 0.898. The zero-order chi connectivity index (χ0) is 8.27. The van der Waals surface area contributed by atoms with Gasteiger partial charge in [0.2, 0.25) is 0 Å². The molecular weight excluding hydrogens is 160 g/mol. The highest BCUT2D eigenvalue weighted by atomic mass is 35.5. The second kappa shape index (κ2) is 3.58. The van der Waals surface area contributed by atoms with Crippen LogP contribution in [-0.2, 0) is 12.3 Å². The van der Waals surface area contributed by atoms with Crippen LogP contribution in [0.25, 0.3) is 0 Å². The number of aromatic nitrogens is 1. The monoisotopic (exact) mass is 170 g/mol. The summed E-state index contributed by atoms with van der Waals surface area (Å²) in [5.41, 5.74) is 8.21. The van der Waals surface area contributed by atoms with E-state index in [9.17, 15) is 0 Å². The Labute approximate surface area is 71.4 Å². The van der Waals surface area contributed by atoms with Gasteiger partial charge in [-0.05, 0) is 18.6 Å². The van der Waals surface area contributed by atoms with Crippen molar-refractivity contribution in [2.24, 2.45) is 0 Å². The van der Waals surface area contributed by atoms with Gasteiger partial charge in [0, 0.05) is 11.4 Å². The van der Waals surface area contributed by atoms with Crippen LogP contribution in [0.1, 0.15) is 18.3 Å². The summed E-state index contributed by atoms with van der Waals surface area (Å²) in [4.78, 5) is 4.26. The molecule has 0 aliphatic heterocycles. The summed E-state index contributed by atoms with van der Waals surface area (Å²) in [5, 5.41) is 0. The van der Waals surface area contributed by atoms with E-state index >= 15 is 0 Å². The molecule has 0 aromatic carbocycles. The smallest absolute Gasteiger partial charge is 0.0648 e. The average Bonchev–Trinajstić information content (AvgIpc) is 2.03. The maximum atomic E-state index is 5.61. The molecule has 0 unspecified atom stereocenters. The number of halogens is 1. The van der Waals surface area contributed by atoms with Gasteiger partial charge in [0.05, 0.1) is 11.6 Å². The summed E-state index contributed by atoms with van der Waals surface area (Å²) >= 11 is 5.61. The van der Waals surface area contributed by atoms with Gasteiger partial charge in [0.1, 0.15) is 0 Å². The van der Waals surface area contributed by atoms with E-state index in [1.54, 1.807) is 6.07 Å². The molecule has 0 amide bonds. The molecule has 0 atom stereocenters. The summed E-state index contributed by atoms with van der Waals surface area (Å²) in [6, 6.07) is 3.67. The second-order valence-electron chi connectivity index (χ2n) is 2.37. The fourth-order valence-corrected chi connectivity index (χ4v) is 1.06. The predicted octanol–water partition coefficient (Wildman–Crippen LogP) is 1.96. The van der Waals surface area contributed by atoms with Crippen molar-refractivity contribution in [3.8, 4) is 0 Å². The first kappa shape index (κ1) is 8.34. The molecule has 2 nitrogen and oxygen atoms in total. The number of nitrogens with zero attached hydrogens (tertiary/aromatic N) is 1. The molecule has 0 saturated carbocycles. The van der Waals surface area contributed by atoms with Crippen LogP contribution >= 0.6 is 11.6 Å². The maximum absolute atomic E-state index is 5.61. The van der Waals surface area contributed by atoms with Crippen LogP contribution in [0.5, 0.6) is 0 Å². The molecule has 0 saturated heterocycles. The Morgan fingerprint density at radius 3 is 2.64 bits per heavy atom. The van der Waals surface area contributed by atoms with Gasteiger partial charge in [-0.25, -0.2) is 0 Å². The van der Waals surface area contributed by atoms with Gasteiger partial charge >= 0.3 is 0 Å². The highest BCUT2D eigenvalue weighted by Gasteiger charge is 1.97. The lowest BCUT2D eigenvalue weighted by atomic mass is 10.2. The molecule has 1 rings (SSSR count). The first-order valence-corrected chi connectivity index (χ1v) is 4.11. The van der Waals surface area contributed by atoms with Crippen LogP contribution in [0.15, 0.2) is 12.1 Å². The molecule has 1 heterocycles. The number of anilines is 1. The van der Waals surface area contributed by atoms with E-state index in [2.05, 4.69) is 4.98 Å². The van der Waals surface area contributed by atoms with E-state index in [0.29, 0.717) is 5.88 Å². The zero-order valence-corrected chi connectivity index (χ0v) is 7.23. The fraction of sp³-hybridized carbons (Fsp3) is 0.375. The lowest BCUT2D eigenvalue weighted by Gasteiger charge is -2.01. The molecule has 60 valence electrons. The molecule has 0 radical (unpaired) electrons. The Bertz CT molecular complexity index is 226. The number of nitrogens with two attached hydrogens (primary N) is 1. The van der Waals surface area contributed by atoms with Crippen molar-refractivity contribution in [3.63, 3.8) is 0 Å². The van der Waals surface area contributed by atoms with Crippen LogP contribution in [0.4, 0.5) is 5.69 Å². The Morgan fingerprint density at radius 1 is 1.45 bits per heavy atom. The minimum atomic E-state index is 0.429. The summed E-state index contributed by atoms with van der Waals surface area (Å²) < 4.78 is 0. The van der Waals surface area contributed by atoms with E-state index < -0.39 is 0 Å². The predicted molar refractivity (Wildman–Crippen MR) is 47.6 cm³/mol. The van der Waals surface area contributed by atoms with Gasteiger partial charge < -0.3 is 5.73 Å². The number of nitrogen functional groups attached to an aromatic ring is 1. The quantitative estimate of drug-likeness (QED) is 0.690. The Hall–Kier alpha value is -0.760. The largest absolute Gasteiger partial charge is 0.399 e. The van der Waals surface area contributed by atoms with E-state index in [4.69, 9.17) is 17.3 Å². The molecule has 0 bridgehead atoms. The first-order chi connectivity index (χ1) is 5.26. The van der Waals surface area contributed by atoms with Gasteiger partial charge in [-0.2, -0.15) is 0 Å². The van der Waals surface area contributed by atoms with Crippen molar-refractivity contribution >= 4 is 17.3 Å². The van der Waals surface area contributed by atoms with Crippen LogP contribution in [-0.4, -0.2) is 4.98 Å². The van der Waals surface area contributed by atoms with Crippen molar-refractivity contribution in [1.82, 2.24) is 4.98 Å². The number of pyridine rings is 1. The normalized spacial score (nSPS) is 10.0. The Kier molecular flexibility index (Phi) is 2.71. The van der Waals surface area contributed by atoms with Crippen LogP contribution < -0.4 is 5.73 Å². The summed E-state index contributed by atoms with van der Waals surface area (Å²) in [7, 11) is 0. The standard InChI is InChI=1S/C8H11ClN2/c1-2-7-3-6(10)4-8(5-9)11-7/h3-4H,2,5H2,1H3,(H2,10,11). The Balaban J connectivity index is 3.02. The summed E-state index contributed by atoms with van der Waals surface area (Å²) in [5.74, 6) is 0.429. The van der Waals surface area contributed by atoms with E-state index in [1.807, 2.05) is 13.0 Å². The van der Waals surface area contributed by atoms with E-state index in [0.717, 1.165) is 23.5 Å². The number of alkyl halides is 1. The number of aryl methyl sites for hydroxylation is 1. The van der Waals surface area contributed by atoms with E-state index in [1.165, 1.54) is 0 Å². The zero-order valence-electron chi connectivity index (χ0n) is 6.47. The molecular formula is C8H11ClN2. The first-order valence-electron chi connectivity index (χ1n) is 3.57. The summed E-state index contributed by atoms with van der Waals surface area (Å²) in [6.45, 7) is 2.04. The van der Waals surface area contributed by atoms with Crippen molar-refractivity contribution < 1.29 is 0 Å². The molecule has 1 aromatic heterocycles. The maximum Gasteiger partial charge on any atom is 0.0648 e. The number of hydrogen-bond acceptors (Lipinski definition) is 2. The van der Waals surface area contributed by atoms with Crippen molar-refractivity contribution in [1.29, 1.82) is 0 Å². The van der Waals surface area contributed by atoms with Crippen molar-refractivity contribution in [2.75, 3.05) is 5.73 Å². The van der Waals surface area contributed by atoms with Crippen molar-refractivity contribution in [3.05, 3.63) is 23.5 Å². The molecule has 11 heavy (non-hydrogen) atoms. The highest BCUT2D eigenvalue weighted by Crippen LogP contribution is 2.09. The number of hydrogen-bond donors (Lipinski definition) is 1. The molecule has 0 fully saturated rings. The van der Waals surface area contributed by atoms with Crippen LogP contribution in [0.3, 0.4) is 0 Å². The fourth-order valence-electron chi connectivity index (χ4n) is 0.925. The molecule has 3 heteroatoms. The van der Waals surface area contributed by atoms with Gasteiger partial charge in [-0.15, -0.1) is 11.6 Å². The third-order valence-corrected chi connectivity index (χ3v) is 1.73. The third kappa shape index (κ3) is 2.09.